The number of nitrogens with one attached hydrogen (secondary N) is 1. The van der Waals surface area contributed by atoms with Crippen molar-refractivity contribution in [3.05, 3.63) is 47.4 Å². The van der Waals surface area contributed by atoms with E-state index in [4.69, 9.17) is 21.8 Å². The third-order valence-electron chi connectivity index (χ3n) is 6.95. The first-order chi connectivity index (χ1) is 18.5. The van der Waals surface area contributed by atoms with E-state index in [1.54, 1.807) is 33.9 Å². The molecule has 0 aliphatic carbocycles. The van der Waals surface area contributed by atoms with Gasteiger partial charge in [0.2, 0.25) is 5.91 Å². The summed E-state index contributed by atoms with van der Waals surface area (Å²) >= 11 is 6.02. The smallest absolute Gasteiger partial charge is 0.302 e. The van der Waals surface area contributed by atoms with Crippen molar-refractivity contribution in [3.8, 4) is 0 Å². The van der Waals surface area contributed by atoms with Crippen molar-refractivity contribution in [1.29, 1.82) is 0 Å². The van der Waals surface area contributed by atoms with Gasteiger partial charge in [0.25, 0.3) is 5.91 Å². The predicted molar refractivity (Wildman–Crippen MR) is 142 cm³/mol. The Balaban J connectivity index is 1.21. The van der Waals surface area contributed by atoms with Gasteiger partial charge >= 0.3 is 6.01 Å². The first-order valence-corrected chi connectivity index (χ1v) is 12.9. The maximum atomic E-state index is 13.3. The molecule has 2 amide bonds. The van der Waals surface area contributed by atoms with Crippen LogP contribution in [0.5, 0.6) is 0 Å². The highest BCUT2D eigenvalue weighted by Crippen LogP contribution is 2.30. The van der Waals surface area contributed by atoms with Gasteiger partial charge < -0.3 is 15.1 Å². The summed E-state index contributed by atoms with van der Waals surface area (Å²) in [6.45, 7) is 3.97. The van der Waals surface area contributed by atoms with Crippen molar-refractivity contribution in [2.24, 2.45) is 0 Å². The lowest BCUT2D eigenvalue weighted by atomic mass is 10.2. The van der Waals surface area contributed by atoms with Gasteiger partial charge in [-0.25, -0.2) is 14.6 Å². The molecule has 5 heterocycles. The highest BCUT2D eigenvalue weighted by molar-refractivity contribution is 6.31. The van der Waals surface area contributed by atoms with Crippen LogP contribution in [0, 0.1) is 0 Å². The van der Waals surface area contributed by atoms with Crippen LogP contribution in [-0.2, 0) is 4.79 Å². The lowest BCUT2D eigenvalue weighted by Crippen LogP contribution is -2.28. The zero-order chi connectivity index (χ0) is 26.2. The fourth-order valence-electron chi connectivity index (χ4n) is 5.03. The first-order valence-electron chi connectivity index (χ1n) is 12.5. The number of carbonyl (C=O) groups excluding carboxylic acids is 2. The van der Waals surface area contributed by atoms with E-state index in [-0.39, 0.29) is 29.5 Å². The Bertz CT molecular complexity index is 1560. The maximum Gasteiger partial charge on any atom is 0.302 e. The molecular weight excluding hydrogens is 510 g/mol. The average Bonchev–Trinajstić information content (AvgIpc) is 3.69. The van der Waals surface area contributed by atoms with Gasteiger partial charge in [0.15, 0.2) is 16.9 Å². The molecule has 38 heavy (non-hydrogen) atoms. The second-order valence-electron chi connectivity index (χ2n) is 9.47. The van der Waals surface area contributed by atoms with E-state index in [1.165, 1.54) is 19.2 Å². The molecule has 12 nitrogen and oxygen atoms in total. The third kappa shape index (κ3) is 4.68. The topological polar surface area (TPSA) is 148 Å². The molecule has 4 aromatic rings. The molecule has 0 spiro atoms. The molecule has 0 saturated carbocycles. The maximum absolute atomic E-state index is 13.3. The molecule has 0 bridgehead atoms. The average molecular weight is 536 g/mol. The van der Waals surface area contributed by atoms with Crippen LogP contribution < -0.4 is 11.1 Å². The zero-order valence-electron chi connectivity index (χ0n) is 20.5. The molecule has 0 radical (unpaired) electrons. The number of likely N-dealkylation sites (tertiary alicyclic amines) is 2. The molecular formula is C25H26ClN9O3. The van der Waals surface area contributed by atoms with Crippen LogP contribution in [0.15, 0.2) is 41.1 Å². The van der Waals surface area contributed by atoms with E-state index in [9.17, 15) is 9.59 Å². The first kappa shape index (κ1) is 24.3. The van der Waals surface area contributed by atoms with Gasteiger partial charge in [-0.05, 0) is 50.6 Å². The fourth-order valence-corrected chi connectivity index (χ4v) is 5.20. The number of anilines is 2. The number of hydrogen-bond donors (Lipinski definition) is 2. The molecule has 3 aromatic heterocycles. The van der Waals surface area contributed by atoms with Crippen molar-refractivity contribution in [1.82, 2.24) is 34.5 Å². The summed E-state index contributed by atoms with van der Waals surface area (Å²) in [6, 6.07) is 4.82. The Labute approximate surface area is 222 Å². The standard InChI is InChI=1S/C25H26ClN9O3/c26-15-5-6-18-17(12-15)30-25(38-18)31-24(37)21-20-22(27)28-14-29-23(20)35(32-21)16-7-11-34(13-16)19(36)4-3-10-33-8-1-2-9-33/h3-6,12,14,16H,1-2,7-11,13H2,(H2,27,28,29)(H,30,31,37). The van der Waals surface area contributed by atoms with E-state index in [0.29, 0.717) is 46.7 Å². The number of carbonyl (C=O) groups is 2. The minimum atomic E-state index is -0.566. The molecule has 2 aliphatic rings. The largest absolute Gasteiger partial charge is 0.423 e. The second-order valence-corrected chi connectivity index (χ2v) is 9.91. The number of aromatic nitrogens is 5. The Morgan fingerprint density at radius 2 is 2.05 bits per heavy atom. The van der Waals surface area contributed by atoms with Crippen LogP contribution in [0.3, 0.4) is 0 Å². The van der Waals surface area contributed by atoms with Crippen molar-refractivity contribution in [3.63, 3.8) is 0 Å². The normalized spacial score (nSPS) is 18.3. The number of hydrogen-bond acceptors (Lipinski definition) is 9. The highest BCUT2D eigenvalue weighted by Gasteiger charge is 2.31. The predicted octanol–water partition coefficient (Wildman–Crippen LogP) is 2.88. The Kier molecular flexibility index (Phi) is 6.42. The van der Waals surface area contributed by atoms with Crippen LogP contribution in [0.1, 0.15) is 35.8 Å². The summed E-state index contributed by atoms with van der Waals surface area (Å²) in [5.41, 5.74) is 7.61. The van der Waals surface area contributed by atoms with E-state index >= 15 is 0 Å². The third-order valence-corrected chi connectivity index (χ3v) is 7.18. The molecule has 3 N–H and O–H groups in total. The molecule has 2 fully saturated rings. The van der Waals surface area contributed by atoms with E-state index in [0.717, 1.165) is 19.6 Å². The van der Waals surface area contributed by atoms with E-state index in [2.05, 4.69) is 30.3 Å². The van der Waals surface area contributed by atoms with Gasteiger partial charge in [-0.1, -0.05) is 17.7 Å². The summed E-state index contributed by atoms with van der Waals surface area (Å²) in [6.07, 6.45) is 8.01. The Morgan fingerprint density at radius 1 is 1.21 bits per heavy atom. The molecule has 6 rings (SSSR count). The molecule has 1 aromatic carbocycles. The van der Waals surface area contributed by atoms with Gasteiger partial charge in [-0.3, -0.25) is 19.8 Å². The minimum absolute atomic E-state index is 0.00347. The fraction of sp³-hybridized carbons (Fsp3) is 0.360. The summed E-state index contributed by atoms with van der Waals surface area (Å²) in [5, 5.41) is 8.05. The van der Waals surface area contributed by atoms with E-state index in [1.807, 2.05) is 6.08 Å². The molecule has 196 valence electrons. The summed E-state index contributed by atoms with van der Waals surface area (Å²) in [4.78, 5) is 42.8. The number of benzene rings is 1. The van der Waals surface area contributed by atoms with Gasteiger partial charge in [-0.2, -0.15) is 10.1 Å². The molecule has 1 atom stereocenters. The monoisotopic (exact) mass is 535 g/mol. The van der Waals surface area contributed by atoms with Crippen LogP contribution in [0.25, 0.3) is 22.1 Å². The van der Waals surface area contributed by atoms with Gasteiger partial charge in [0.1, 0.15) is 17.7 Å². The number of oxazole rings is 1. The number of nitrogen functional groups attached to an aromatic ring is 1. The molecule has 13 heteroatoms. The number of fused-ring (bicyclic) bond motifs is 2. The van der Waals surface area contributed by atoms with Gasteiger partial charge in [-0.15, -0.1) is 0 Å². The number of halogens is 1. The van der Waals surface area contributed by atoms with Crippen LogP contribution in [0.4, 0.5) is 11.8 Å². The lowest BCUT2D eigenvalue weighted by molar-refractivity contribution is -0.125. The highest BCUT2D eigenvalue weighted by atomic mass is 35.5. The molecule has 1 unspecified atom stereocenters. The summed E-state index contributed by atoms with van der Waals surface area (Å²) < 4.78 is 7.28. The second kappa shape index (κ2) is 10.0. The zero-order valence-corrected chi connectivity index (χ0v) is 21.3. The van der Waals surface area contributed by atoms with Crippen molar-refractivity contribution >= 4 is 57.4 Å². The SMILES string of the molecule is Nc1ncnc2c1c(C(=O)Nc1nc3cc(Cl)ccc3o1)nn2C1CCN(C(=O)C=CCN2CCCC2)C1. The van der Waals surface area contributed by atoms with E-state index < -0.39 is 5.91 Å². The van der Waals surface area contributed by atoms with Gasteiger partial charge in [0, 0.05) is 30.7 Å². The molecule has 2 aliphatic heterocycles. The Morgan fingerprint density at radius 3 is 2.89 bits per heavy atom. The van der Waals surface area contributed by atoms with Crippen LogP contribution in [-0.4, -0.2) is 79.1 Å². The number of nitrogens with two attached hydrogens (primary N) is 1. The Hall–Kier alpha value is -4.03. The summed E-state index contributed by atoms with van der Waals surface area (Å²) in [5.74, 6) is -0.471. The van der Waals surface area contributed by atoms with Crippen LogP contribution in [0.2, 0.25) is 5.02 Å². The van der Waals surface area contributed by atoms with Crippen molar-refractivity contribution in [2.75, 3.05) is 43.8 Å². The number of nitrogens with zero attached hydrogens (tertiary/aromatic N) is 7. The molecule has 2 saturated heterocycles. The van der Waals surface area contributed by atoms with Crippen molar-refractivity contribution < 1.29 is 14.0 Å². The lowest BCUT2D eigenvalue weighted by Gasteiger charge is -2.15. The number of amides is 2. The minimum Gasteiger partial charge on any atom is -0.423 e. The quantitative estimate of drug-likeness (QED) is 0.355. The van der Waals surface area contributed by atoms with Crippen molar-refractivity contribution in [2.45, 2.75) is 25.3 Å². The summed E-state index contributed by atoms with van der Waals surface area (Å²) in [7, 11) is 0. The number of rotatable bonds is 6. The van der Waals surface area contributed by atoms with Gasteiger partial charge in [0.05, 0.1) is 11.4 Å². The van der Waals surface area contributed by atoms with Crippen LogP contribution >= 0.6 is 11.6 Å².